The SMILES string of the molecule is CC(C)(C)[Si](C)(C)OC1[C@@H](O[Si](C)(C)C(C)(C)C)[C@@H](CNC(=O)NC(=O)NC(=O)CCl)O[C@H]1n1cnc2c(NC(=O)Nc3ccccc3)ncnc21. The van der Waals surface area contributed by atoms with E-state index in [1.165, 1.54) is 6.33 Å². The monoisotopic (exact) mass is 775 g/mol. The Balaban J connectivity index is 1.72. The molecule has 3 aromatic rings. The molecule has 19 heteroatoms. The van der Waals surface area contributed by atoms with Gasteiger partial charge >= 0.3 is 18.1 Å². The van der Waals surface area contributed by atoms with E-state index in [-0.39, 0.29) is 22.4 Å². The Morgan fingerprint density at radius 3 is 2.04 bits per heavy atom. The van der Waals surface area contributed by atoms with Crippen LogP contribution in [0.5, 0.6) is 0 Å². The van der Waals surface area contributed by atoms with Crippen molar-refractivity contribution in [1.29, 1.82) is 0 Å². The number of urea groups is 3. The molecule has 52 heavy (non-hydrogen) atoms. The zero-order valence-electron chi connectivity index (χ0n) is 31.3. The highest BCUT2D eigenvalue weighted by atomic mass is 35.5. The number of halogens is 1. The topological polar surface area (TPSA) is 200 Å². The fourth-order valence-corrected chi connectivity index (χ4v) is 7.52. The Labute approximate surface area is 310 Å². The van der Waals surface area contributed by atoms with Crippen molar-refractivity contribution >= 4 is 74.9 Å². The summed E-state index contributed by atoms with van der Waals surface area (Å²) in [5.41, 5.74) is 1.30. The third-order valence-electron chi connectivity index (χ3n) is 9.72. The first-order chi connectivity index (χ1) is 24.1. The minimum atomic E-state index is -2.51. The van der Waals surface area contributed by atoms with E-state index < -0.39 is 71.1 Å². The van der Waals surface area contributed by atoms with Crippen LogP contribution in [0, 0.1) is 0 Å². The van der Waals surface area contributed by atoms with E-state index in [4.69, 9.17) is 25.2 Å². The lowest BCUT2D eigenvalue weighted by Crippen LogP contribution is -2.55. The zero-order valence-corrected chi connectivity index (χ0v) is 34.0. The van der Waals surface area contributed by atoms with E-state index in [0.29, 0.717) is 16.9 Å². The number of carbonyl (C=O) groups excluding carboxylic acids is 4. The Kier molecular flexibility index (Phi) is 12.5. The molecule has 4 atom stereocenters. The average molecular weight is 776 g/mol. The molecule has 0 bridgehead atoms. The number of amides is 7. The Morgan fingerprint density at radius 1 is 0.827 bits per heavy atom. The van der Waals surface area contributed by atoms with Gasteiger partial charge in [0.25, 0.3) is 0 Å². The third-order valence-corrected chi connectivity index (χ3v) is 18.9. The van der Waals surface area contributed by atoms with E-state index in [2.05, 4.69) is 104 Å². The van der Waals surface area contributed by atoms with E-state index in [1.807, 2.05) is 23.5 Å². The van der Waals surface area contributed by atoms with Crippen LogP contribution >= 0.6 is 11.6 Å². The number of benzene rings is 1. The number of imidazole rings is 1. The maximum atomic E-state index is 12.9. The van der Waals surface area contributed by atoms with Gasteiger partial charge in [-0.2, -0.15) is 0 Å². The van der Waals surface area contributed by atoms with E-state index >= 15 is 0 Å². The molecule has 1 aliphatic heterocycles. The van der Waals surface area contributed by atoms with Crippen LogP contribution in [0.25, 0.3) is 11.2 Å². The molecule has 1 unspecified atom stereocenters. The normalized spacial score (nSPS) is 19.6. The number of hydrogen-bond donors (Lipinski definition) is 5. The summed E-state index contributed by atoms with van der Waals surface area (Å²) in [5.74, 6) is -1.01. The summed E-state index contributed by atoms with van der Waals surface area (Å²) in [5, 5.41) is 11.9. The molecule has 2 aromatic heterocycles. The number of ether oxygens (including phenoxy) is 1. The van der Waals surface area contributed by atoms with E-state index in [0.717, 1.165) is 0 Å². The zero-order chi connectivity index (χ0) is 38.6. The highest BCUT2D eigenvalue weighted by Crippen LogP contribution is 2.46. The maximum Gasteiger partial charge on any atom is 0.329 e. The molecule has 0 radical (unpaired) electrons. The Morgan fingerprint density at radius 2 is 1.44 bits per heavy atom. The summed E-state index contributed by atoms with van der Waals surface area (Å²) in [4.78, 5) is 62.7. The minimum absolute atomic E-state index is 0.0796. The van der Waals surface area contributed by atoms with Crippen molar-refractivity contribution in [3.63, 3.8) is 0 Å². The predicted molar refractivity (Wildman–Crippen MR) is 203 cm³/mol. The fraction of sp³-hybridized carbons (Fsp3) is 0.545. The molecule has 1 aromatic carbocycles. The number of nitrogens with one attached hydrogen (secondary N) is 5. The number of nitrogens with zero attached hydrogens (tertiary/aromatic N) is 4. The number of aromatic nitrogens is 4. The van der Waals surface area contributed by atoms with Crippen LogP contribution in [0.3, 0.4) is 0 Å². The lowest BCUT2D eigenvalue weighted by atomic mass is 10.1. The standard InChI is InChI=1S/C33H50ClN9O7Si2/c1-32(2,3)51(7,8)49-24-21(17-35-29(45)42-31(47)40-22(44)16-34)48-28(25(24)50-52(9,10)33(4,5)6)43-19-38-23-26(36-18-37-27(23)43)41-30(46)39-20-14-12-11-13-15-20/h11-15,18-19,21,24-25,28H,16-17H2,1-10H3,(H2,36,37,39,41,46)(H3,35,40,42,44,45,47)/t21-,24+,25?,28-/m1/s1. The lowest BCUT2D eigenvalue weighted by molar-refractivity contribution is -0.117. The minimum Gasteiger partial charge on any atom is -0.408 e. The first-order valence-corrected chi connectivity index (χ1v) is 23.2. The second kappa shape index (κ2) is 16.0. The number of rotatable bonds is 10. The van der Waals surface area contributed by atoms with E-state index in [1.54, 1.807) is 23.0 Å². The number of anilines is 2. The van der Waals surface area contributed by atoms with Gasteiger partial charge in [0.1, 0.15) is 30.5 Å². The van der Waals surface area contributed by atoms with Gasteiger partial charge in [-0.25, -0.2) is 29.3 Å². The number of hydrogen-bond acceptors (Lipinski definition) is 10. The van der Waals surface area contributed by atoms with Gasteiger partial charge in [0.15, 0.2) is 39.8 Å². The van der Waals surface area contributed by atoms with Crippen molar-refractivity contribution in [2.75, 3.05) is 23.1 Å². The van der Waals surface area contributed by atoms with Crippen molar-refractivity contribution in [2.45, 2.75) is 102 Å². The van der Waals surface area contributed by atoms with Crippen LogP contribution in [0.15, 0.2) is 43.0 Å². The maximum absolute atomic E-state index is 12.9. The van der Waals surface area contributed by atoms with Gasteiger partial charge in [0.05, 0.1) is 6.33 Å². The molecular weight excluding hydrogens is 726 g/mol. The predicted octanol–water partition coefficient (Wildman–Crippen LogP) is 5.92. The Bertz CT molecular complexity index is 1760. The van der Waals surface area contributed by atoms with Gasteiger partial charge in [0, 0.05) is 12.2 Å². The number of fused-ring (bicyclic) bond motifs is 1. The van der Waals surface area contributed by atoms with Crippen molar-refractivity contribution in [3.05, 3.63) is 43.0 Å². The highest BCUT2D eigenvalue weighted by molar-refractivity contribution is 6.74. The molecule has 1 fully saturated rings. The summed E-state index contributed by atoms with van der Waals surface area (Å²) in [7, 11) is -5.01. The van der Waals surface area contributed by atoms with E-state index in [9.17, 15) is 19.2 Å². The molecule has 3 heterocycles. The number of imide groups is 2. The summed E-state index contributed by atoms with van der Waals surface area (Å²) >= 11 is 5.46. The molecule has 284 valence electrons. The summed E-state index contributed by atoms with van der Waals surface area (Å²) < 4.78 is 22.7. The first kappa shape index (κ1) is 40.8. The molecule has 1 saturated heterocycles. The third kappa shape index (κ3) is 9.72. The molecule has 5 N–H and O–H groups in total. The van der Waals surface area contributed by atoms with Crippen LogP contribution in [0.2, 0.25) is 36.3 Å². The van der Waals surface area contributed by atoms with Crippen molar-refractivity contribution < 1.29 is 32.8 Å². The van der Waals surface area contributed by atoms with Gasteiger partial charge < -0.3 is 24.2 Å². The molecule has 1 aliphatic rings. The molecule has 4 rings (SSSR count). The molecule has 0 spiro atoms. The van der Waals surface area contributed by atoms with Crippen LogP contribution < -0.4 is 26.6 Å². The number of alkyl halides is 1. The number of para-hydroxylation sites is 1. The van der Waals surface area contributed by atoms with Crippen LogP contribution in [-0.4, -0.2) is 90.9 Å². The summed E-state index contributed by atoms with van der Waals surface area (Å²) in [6.45, 7) is 21.2. The Hall–Kier alpha value is -3.95. The van der Waals surface area contributed by atoms with Crippen molar-refractivity contribution in [2.24, 2.45) is 0 Å². The highest BCUT2D eigenvalue weighted by Gasteiger charge is 2.54. The lowest BCUT2D eigenvalue weighted by Gasteiger charge is -2.44. The van der Waals surface area contributed by atoms with Gasteiger partial charge in [-0.05, 0) is 48.4 Å². The quantitative estimate of drug-likeness (QED) is 0.122. The second-order valence-electron chi connectivity index (χ2n) is 15.6. The van der Waals surface area contributed by atoms with Crippen molar-refractivity contribution in [1.82, 2.24) is 35.5 Å². The second-order valence-corrected chi connectivity index (χ2v) is 25.4. The molecule has 7 amide bonds. The van der Waals surface area contributed by atoms with Gasteiger partial charge in [-0.15, -0.1) is 11.6 Å². The summed E-state index contributed by atoms with van der Waals surface area (Å²) in [6, 6.07) is 6.60. The van der Waals surface area contributed by atoms with Crippen LogP contribution in [-0.2, 0) is 18.4 Å². The largest absolute Gasteiger partial charge is 0.408 e. The van der Waals surface area contributed by atoms with Crippen LogP contribution in [0.1, 0.15) is 47.8 Å². The number of carbonyl (C=O) groups is 4. The molecule has 0 aliphatic carbocycles. The molecule has 16 nitrogen and oxygen atoms in total. The summed E-state index contributed by atoms with van der Waals surface area (Å²) in [6.07, 6.45) is -0.101. The van der Waals surface area contributed by atoms with Crippen LogP contribution in [0.4, 0.5) is 25.9 Å². The molecule has 0 saturated carbocycles. The molecular formula is C33H50ClN9O7Si2. The fourth-order valence-electron chi connectivity index (χ4n) is 4.85. The van der Waals surface area contributed by atoms with Crippen molar-refractivity contribution in [3.8, 4) is 0 Å². The van der Waals surface area contributed by atoms with Gasteiger partial charge in [-0.1, -0.05) is 59.7 Å². The van der Waals surface area contributed by atoms with Gasteiger partial charge in [-0.3, -0.25) is 25.3 Å². The van der Waals surface area contributed by atoms with Gasteiger partial charge in [0.2, 0.25) is 5.91 Å². The first-order valence-electron chi connectivity index (χ1n) is 16.9. The average Bonchev–Trinajstić information content (AvgIpc) is 3.60. The smallest absolute Gasteiger partial charge is 0.329 e.